The molecule has 9 heteroatoms. The number of nitrogens with one attached hydrogen (secondary N) is 1. The third-order valence-electron chi connectivity index (χ3n) is 3.86. The van der Waals surface area contributed by atoms with Crippen LogP contribution in [-0.2, 0) is 14.3 Å². The van der Waals surface area contributed by atoms with Crippen molar-refractivity contribution in [2.75, 3.05) is 13.2 Å². The smallest absolute Gasteiger partial charge is 0.416 e. The van der Waals surface area contributed by atoms with E-state index < -0.39 is 9.89 Å². The Hall–Kier alpha value is -1.76. The number of alkyl halides is 3. The van der Waals surface area contributed by atoms with Gasteiger partial charge in [0.1, 0.15) is 6.61 Å². The number of unbranched alkanes of at least 4 members (excludes halogenated alkanes) is 1. The predicted molar refractivity (Wildman–Crippen MR) is 154 cm³/mol. The summed E-state index contributed by atoms with van der Waals surface area (Å²) in [5.74, 6) is -0.577. The molecule has 0 bridgehead atoms. The van der Waals surface area contributed by atoms with Gasteiger partial charge in [-0.1, -0.05) is 137 Å². The Kier molecular flexibility index (Phi) is 28.3. The van der Waals surface area contributed by atoms with Gasteiger partial charge < -0.3 is 10.1 Å². The van der Waals surface area contributed by atoms with Crippen LogP contribution in [0.5, 0.6) is 0 Å². The van der Waals surface area contributed by atoms with Crippen LogP contribution in [0.3, 0.4) is 0 Å². The van der Waals surface area contributed by atoms with Gasteiger partial charge in [-0.3, -0.25) is 9.59 Å². The van der Waals surface area contributed by atoms with E-state index in [1.54, 1.807) is 19.1 Å². The molecule has 2 atom stereocenters. The number of ether oxygens (including phenoxy) is 1. The zero-order valence-electron chi connectivity index (χ0n) is 22.8. The first-order valence-electron chi connectivity index (χ1n) is 12.4. The topological polar surface area (TPSA) is 75.7 Å². The maximum Gasteiger partial charge on any atom is 0.416 e. The fraction of sp³-hybridized carbons (Fsp3) is 0.593. The molecule has 0 aliphatic carbocycles. The van der Waals surface area contributed by atoms with Gasteiger partial charge in [0, 0.05) is 6.54 Å². The van der Waals surface area contributed by atoms with Crippen molar-refractivity contribution in [1.29, 1.82) is 0 Å². The molecule has 6 nitrogen and oxygen atoms in total. The lowest BCUT2D eigenvalue weighted by atomic mass is 9.99. The number of halogens is 3. The van der Waals surface area contributed by atoms with E-state index >= 15 is 0 Å². The summed E-state index contributed by atoms with van der Waals surface area (Å²) in [6, 6.07) is 11.8. The van der Waals surface area contributed by atoms with E-state index in [1.807, 2.05) is 57.2 Å². The number of amides is 3. The molecule has 1 N–H and O–H groups in total. The molecule has 1 aromatic rings. The van der Waals surface area contributed by atoms with Crippen LogP contribution < -0.4 is 5.32 Å². The first-order chi connectivity index (χ1) is 17.0. The summed E-state index contributed by atoms with van der Waals surface area (Å²) in [4.78, 5) is 35.4. The van der Waals surface area contributed by atoms with Crippen molar-refractivity contribution in [2.45, 2.75) is 84.0 Å². The zero-order chi connectivity index (χ0) is 28.4. The molecule has 1 saturated heterocycles. The number of cyclic esters (lactones) is 1. The van der Waals surface area contributed by atoms with Crippen LogP contribution in [0.4, 0.5) is 4.79 Å². The molecule has 1 fully saturated rings. The highest BCUT2D eigenvalue weighted by Gasteiger charge is 2.37. The van der Waals surface area contributed by atoms with Crippen molar-refractivity contribution in [3.8, 4) is 0 Å². The second kappa shape index (κ2) is 26.3. The van der Waals surface area contributed by atoms with E-state index in [0.717, 1.165) is 12.8 Å². The molecular formula is C27H45Cl3N2O4. The minimum absolute atomic E-state index is 0.222. The second-order valence-corrected chi connectivity index (χ2v) is 10.3. The van der Waals surface area contributed by atoms with Crippen LogP contribution in [-0.4, -0.2) is 46.3 Å². The minimum atomic E-state index is -1.08. The normalized spacial score (nSPS) is 14.8. The number of carbonyl (C=O) groups is 3. The van der Waals surface area contributed by atoms with Gasteiger partial charge >= 0.3 is 6.09 Å². The second-order valence-electron chi connectivity index (χ2n) is 7.48. The quantitative estimate of drug-likeness (QED) is 0.150. The van der Waals surface area contributed by atoms with E-state index in [-0.39, 0.29) is 24.5 Å². The van der Waals surface area contributed by atoms with Gasteiger partial charge in [-0.2, -0.15) is 0 Å². The number of benzene rings is 1. The first kappa shape index (κ1) is 38.8. The van der Waals surface area contributed by atoms with Gasteiger partial charge in [-0.25, -0.2) is 9.69 Å². The molecule has 208 valence electrons. The highest BCUT2D eigenvalue weighted by molar-refractivity contribution is 6.67. The van der Waals surface area contributed by atoms with Gasteiger partial charge in [0.25, 0.3) is 0 Å². The molecular weight excluding hydrogens is 523 g/mol. The predicted octanol–water partition coefficient (Wildman–Crippen LogP) is 7.97. The van der Waals surface area contributed by atoms with Crippen LogP contribution >= 0.6 is 34.8 Å². The number of nitrogens with zero attached hydrogens (tertiary/aromatic N) is 1. The Labute approximate surface area is 233 Å². The van der Waals surface area contributed by atoms with Crippen molar-refractivity contribution in [3.05, 3.63) is 48.6 Å². The molecule has 1 aliphatic heterocycles. The van der Waals surface area contributed by atoms with Crippen LogP contribution in [0.2, 0.25) is 0 Å². The zero-order valence-corrected chi connectivity index (χ0v) is 25.1. The highest BCUT2D eigenvalue weighted by Crippen LogP contribution is 2.23. The Bertz CT molecular complexity index is 651. The standard InChI is InChI=1S/C14H22N2O4.C6H6.C3H8.C2H3Cl3.C2H6/c1-3-4-6-12(7-5-8-15-10-17)13(18)16-11(2)9-20-14(16)19;1-2-4-6-5-3-1;1-3-2;1-2(3,4)5;1-2/h5,7,10-12H,3-4,6,8-9H2,1-2H3,(H,15,17);1-6H;3H2,1-2H3;1H3;1-2H3/b7-5+;;;;/t11-,12-;;;;/m1..../s1. The molecule has 0 unspecified atom stereocenters. The summed E-state index contributed by atoms with van der Waals surface area (Å²) in [7, 11) is 0. The minimum Gasteiger partial charge on any atom is -0.447 e. The van der Waals surface area contributed by atoms with E-state index in [0.29, 0.717) is 19.4 Å². The van der Waals surface area contributed by atoms with E-state index in [9.17, 15) is 14.4 Å². The van der Waals surface area contributed by atoms with Crippen molar-refractivity contribution < 1.29 is 19.1 Å². The molecule has 0 radical (unpaired) electrons. The fourth-order valence-electron chi connectivity index (χ4n) is 2.46. The molecule has 0 aromatic heterocycles. The van der Waals surface area contributed by atoms with Crippen LogP contribution in [0.15, 0.2) is 48.6 Å². The largest absolute Gasteiger partial charge is 0.447 e. The summed E-state index contributed by atoms with van der Waals surface area (Å²) in [5.41, 5.74) is 0. The molecule has 0 spiro atoms. The summed E-state index contributed by atoms with van der Waals surface area (Å²) < 4.78 is 3.80. The Morgan fingerprint density at radius 3 is 1.92 bits per heavy atom. The monoisotopic (exact) mass is 566 g/mol. The third-order valence-corrected chi connectivity index (χ3v) is 3.86. The van der Waals surface area contributed by atoms with E-state index in [2.05, 4.69) is 19.2 Å². The van der Waals surface area contributed by atoms with Crippen molar-refractivity contribution in [2.24, 2.45) is 5.92 Å². The SMILES string of the molecule is CC.CC(Cl)(Cl)Cl.CCC.CCCC[C@H](/C=C/CNC=O)C(=O)N1C(=O)OC[C@H]1C.c1ccccc1. The van der Waals surface area contributed by atoms with Crippen LogP contribution in [0.1, 0.15) is 74.1 Å². The van der Waals surface area contributed by atoms with E-state index in [4.69, 9.17) is 39.5 Å². The van der Waals surface area contributed by atoms with E-state index in [1.165, 1.54) is 18.2 Å². The Morgan fingerprint density at radius 1 is 1.14 bits per heavy atom. The van der Waals surface area contributed by atoms with Gasteiger partial charge in [-0.05, 0) is 20.3 Å². The van der Waals surface area contributed by atoms with Gasteiger partial charge in [0.2, 0.25) is 12.3 Å². The van der Waals surface area contributed by atoms with Crippen LogP contribution in [0.25, 0.3) is 0 Å². The Balaban J connectivity index is -0.000000551. The highest BCUT2D eigenvalue weighted by atomic mass is 35.6. The average Bonchev–Trinajstić information content (AvgIpc) is 3.18. The molecule has 1 aromatic carbocycles. The summed E-state index contributed by atoms with van der Waals surface area (Å²) >= 11 is 15.2. The van der Waals surface area contributed by atoms with Gasteiger partial charge in [0.15, 0.2) is 3.79 Å². The lowest BCUT2D eigenvalue weighted by Crippen LogP contribution is -2.40. The van der Waals surface area contributed by atoms with Gasteiger partial charge in [-0.15, -0.1) is 0 Å². The Morgan fingerprint density at radius 2 is 1.58 bits per heavy atom. The molecule has 2 rings (SSSR count). The van der Waals surface area contributed by atoms with Crippen molar-refractivity contribution in [3.63, 3.8) is 0 Å². The molecule has 36 heavy (non-hydrogen) atoms. The number of rotatable bonds is 8. The lowest BCUT2D eigenvalue weighted by molar-refractivity contribution is -0.131. The molecule has 3 amide bonds. The summed E-state index contributed by atoms with van der Waals surface area (Å²) in [6.45, 7) is 14.2. The third kappa shape index (κ3) is 25.3. The van der Waals surface area contributed by atoms with Crippen molar-refractivity contribution in [1.82, 2.24) is 10.2 Å². The van der Waals surface area contributed by atoms with Crippen LogP contribution in [0, 0.1) is 5.92 Å². The first-order valence-corrected chi connectivity index (χ1v) is 13.6. The van der Waals surface area contributed by atoms with Gasteiger partial charge in [0.05, 0.1) is 12.0 Å². The molecule has 1 aliphatic rings. The average molecular weight is 568 g/mol. The molecule has 0 saturated carbocycles. The number of hydrogen-bond donors (Lipinski definition) is 1. The van der Waals surface area contributed by atoms with Crippen molar-refractivity contribution >= 4 is 53.2 Å². The number of hydrogen-bond acceptors (Lipinski definition) is 4. The molecule has 1 heterocycles. The summed E-state index contributed by atoms with van der Waals surface area (Å²) in [5, 5.41) is 2.50. The lowest BCUT2D eigenvalue weighted by Gasteiger charge is -2.21. The summed E-state index contributed by atoms with van der Waals surface area (Å²) in [6.07, 6.45) is 7.34. The number of imide groups is 1. The number of carbonyl (C=O) groups excluding carboxylic acids is 3. The maximum absolute atomic E-state index is 12.4. The maximum atomic E-state index is 12.4. The fourth-order valence-corrected chi connectivity index (χ4v) is 2.46.